The van der Waals surface area contributed by atoms with Crippen molar-refractivity contribution in [2.24, 2.45) is 0 Å². The quantitative estimate of drug-likeness (QED) is 0.0772. The molecule has 38 heavy (non-hydrogen) atoms. The molecule has 182 valence electrons. The number of benzene rings is 3. The van der Waals surface area contributed by atoms with Crippen molar-refractivity contribution in [2.45, 2.75) is 0 Å². The highest BCUT2D eigenvalue weighted by Gasteiger charge is 2.16. The summed E-state index contributed by atoms with van der Waals surface area (Å²) in [6, 6.07) is 24.9. The van der Waals surface area contributed by atoms with Crippen molar-refractivity contribution in [3.8, 4) is 28.7 Å². The third-order valence-corrected chi connectivity index (χ3v) is 6.92. The Kier molecular flexibility index (Phi) is 5.64. The van der Waals surface area contributed by atoms with Crippen molar-refractivity contribution >= 4 is 50.4 Å². The fourth-order valence-corrected chi connectivity index (χ4v) is 4.97. The molecule has 0 saturated heterocycles. The number of allylic oxidation sites excluding steroid dienone is 1. The molecule has 0 spiro atoms. The summed E-state index contributed by atoms with van der Waals surface area (Å²) in [6.07, 6.45) is 1.56. The molecule has 6 rings (SSSR count). The molecule has 0 aliphatic rings. The van der Waals surface area contributed by atoms with Gasteiger partial charge in [0.05, 0.1) is 21.8 Å². The zero-order valence-corrected chi connectivity index (χ0v) is 20.3. The summed E-state index contributed by atoms with van der Waals surface area (Å²) in [4.78, 5) is 27.7. The number of aromatic nitrogens is 1. The number of hydrogen-bond donors (Lipinski definition) is 0. The van der Waals surface area contributed by atoms with Crippen LogP contribution >= 0.6 is 11.3 Å². The molecule has 0 fully saturated rings. The van der Waals surface area contributed by atoms with Crippen LogP contribution in [0.2, 0.25) is 0 Å². The van der Waals surface area contributed by atoms with E-state index >= 15 is 0 Å². The van der Waals surface area contributed by atoms with Crippen molar-refractivity contribution in [3.63, 3.8) is 0 Å². The van der Waals surface area contributed by atoms with E-state index in [1.54, 1.807) is 47.9 Å². The average molecular weight is 518 g/mol. The first kappa shape index (κ1) is 23.1. The van der Waals surface area contributed by atoms with Crippen molar-refractivity contribution in [1.82, 2.24) is 4.98 Å². The molecule has 0 N–H and O–H groups in total. The van der Waals surface area contributed by atoms with Crippen molar-refractivity contribution < 1.29 is 13.8 Å². The third-order valence-electron chi connectivity index (χ3n) is 6.05. The molecule has 0 radical (unpaired) electrons. The van der Waals surface area contributed by atoms with Crippen LogP contribution < -0.4 is 5.63 Å². The van der Waals surface area contributed by atoms with Gasteiger partial charge in [0.15, 0.2) is 0 Å². The van der Waals surface area contributed by atoms with E-state index in [0.717, 1.165) is 16.2 Å². The Bertz CT molecular complexity index is 1990. The maximum Gasteiger partial charge on any atom is 0.345 e. The smallest absolute Gasteiger partial charge is 0.345 e. The highest BCUT2D eigenvalue weighted by molar-refractivity contribution is 7.11. The number of nitrogens with zero attached hydrogens (tertiary/aromatic N) is 3. The minimum atomic E-state index is -0.508. The Morgan fingerprint density at radius 2 is 1.82 bits per heavy atom. The summed E-state index contributed by atoms with van der Waals surface area (Å²) in [7, 11) is 0. The van der Waals surface area contributed by atoms with Crippen LogP contribution in [0.1, 0.15) is 10.8 Å². The Labute approximate surface area is 218 Å². The van der Waals surface area contributed by atoms with Gasteiger partial charge < -0.3 is 8.83 Å². The molecule has 0 atom stereocenters. The lowest BCUT2D eigenvalue weighted by Gasteiger charge is -2.04. The van der Waals surface area contributed by atoms with Gasteiger partial charge in [-0.2, -0.15) is 5.26 Å². The first-order valence-corrected chi connectivity index (χ1v) is 12.3. The second-order valence-corrected chi connectivity index (χ2v) is 9.22. The van der Waals surface area contributed by atoms with Crippen LogP contribution in [-0.4, -0.2) is 9.91 Å². The van der Waals surface area contributed by atoms with Crippen LogP contribution in [0.15, 0.2) is 97.9 Å². The van der Waals surface area contributed by atoms with E-state index in [1.165, 1.54) is 23.5 Å². The molecule has 8 nitrogen and oxygen atoms in total. The summed E-state index contributed by atoms with van der Waals surface area (Å²) in [6.45, 7) is 0. The Balaban J connectivity index is 1.34. The summed E-state index contributed by atoms with van der Waals surface area (Å²) in [5, 5.41) is 25.6. The van der Waals surface area contributed by atoms with E-state index in [2.05, 4.69) is 11.1 Å². The predicted octanol–water partition coefficient (Wildman–Crippen LogP) is 7.30. The monoisotopic (exact) mass is 517 g/mol. The van der Waals surface area contributed by atoms with E-state index < -0.39 is 10.5 Å². The van der Waals surface area contributed by atoms with E-state index in [-0.39, 0.29) is 11.3 Å². The molecule has 3 aromatic heterocycles. The van der Waals surface area contributed by atoms with Gasteiger partial charge in [-0.3, -0.25) is 10.1 Å². The predicted molar refractivity (Wildman–Crippen MR) is 145 cm³/mol. The van der Waals surface area contributed by atoms with E-state index in [1.807, 2.05) is 30.3 Å². The van der Waals surface area contributed by atoms with Crippen molar-refractivity contribution in [1.29, 1.82) is 5.26 Å². The average Bonchev–Trinajstić information content (AvgIpc) is 3.61. The molecule has 6 aromatic rings. The van der Waals surface area contributed by atoms with Crippen LogP contribution in [0.3, 0.4) is 0 Å². The van der Waals surface area contributed by atoms with Gasteiger partial charge in [-0.15, -0.1) is 11.3 Å². The van der Waals surface area contributed by atoms with Gasteiger partial charge in [-0.05, 0) is 47.2 Å². The molecule has 0 saturated carbocycles. The largest absolute Gasteiger partial charge is 0.457 e. The van der Waals surface area contributed by atoms with Crippen LogP contribution in [0.4, 0.5) is 5.69 Å². The number of furan rings is 1. The van der Waals surface area contributed by atoms with Gasteiger partial charge in [0.1, 0.15) is 28.2 Å². The highest BCUT2D eigenvalue weighted by atomic mass is 32.1. The number of non-ortho nitro benzene ring substituents is 1. The first-order valence-electron chi connectivity index (χ1n) is 11.4. The summed E-state index contributed by atoms with van der Waals surface area (Å²) in [5.74, 6) is 0.924. The fourth-order valence-electron chi connectivity index (χ4n) is 4.19. The number of nitro benzene ring substituents is 1. The molecule has 0 bridgehead atoms. The van der Waals surface area contributed by atoms with Crippen LogP contribution in [-0.2, 0) is 0 Å². The Morgan fingerprint density at radius 1 is 1.00 bits per heavy atom. The van der Waals surface area contributed by atoms with Gasteiger partial charge in [0.25, 0.3) is 5.69 Å². The summed E-state index contributed by atoms with van der Waals surface area (Å²) in [5.41, 5.74) is 1.63. The van der Waals surface area contributed by atoms with Gasteiger partial charge >= 0.3 is 5.63 Å². The molecule has 3 heterocycles. The minimum absolute atomic E-state index is 0.0135. The normalized spacial score (nSPS) is 11.6. The molecule has 0 aliphatic heterocycles. The fraction of sp³-hybridized carbons (Fsp3) is 0. The standard InChI is InChI=1S/C29H15N3O5S/c30-15-19(13-21-10-12-26(36-21)18-5-8-20(9-6-18)32(34)35)28-31-25(16-38-28)24-14-23-22-4-2-1-3-17(22)7-11-27(23)37-29(24)33/h1-14,16H. The number of rotatable bonds is 5. The second kappa shape index (κ2) is 9.28. The number of nitro groups is 1. The minimum Gasteiger partial charge on any atom is -0.457 e. The van der Waals surface area contributed by atoms with Crippen LogP contribution in [0.5, 0.6) is 0 Å². The number of thiazole rings is 1. The summed E-state index contributed by atoms with van der Waals surface area (Å²) >= 11 is 1.23. The number of hydrogen-bond acceptors (Lipinski definition) is 8. The van der Waals surface area contributed by atoms with Gasteiger partial charge in [-0.1, -0.05) is 30.3 Å². The maximum atomic E-state index is 12.8. The SMILES string of the molecule is N#CC(=Cc1ccc(-c2ccc([N+](=O)[O-])cc2)o1)c1nc(-c2cc3c(ccc4ccccc43)oc2=O)cs1. The molecule has 0 aliphatic carbocycles. The van der Waals surface area contributed by atoms with E-state index in [9.17, 15) is 20.2 Å². The van der Waals surface area contributed by atoms with E-state index in [4.69, 9.17) is 8.83 Å². The van der Waals surface area contributed by atoms with Gasteiger partial charge in [0, 0.05) is 34.5 Å². The second-order valence-electron chi connectivity index (χ2n) is 8.36. The maximum absolute atomic E-state index is 12.8. The molecule has 0 unspecified atom stereocenters. The van der Waals surface area contributed by atoms with E-state index in [0.29, 0.717) is 38.9 Å². The number of nitriles is 1. The van der Waals surface area contributed by atoms with Crippen molar-refractivity contribution in [2.75, 3.05) is 0 Å². The highest BCUT2D eigenvalue weighted by Crippen LogP contribution is 2.31. The molecular weight excluding hydrogens is 502 g/mol. The molecular formula is C29H15N3O5S. The Hall–Kier alpha value is -5.33. The lowest BCUT2D eigenvalue weighted by atomic mass is 10.0. The van der Waals surface area contributed by atoms with Gasteiger partial charge in [0.2, 0.25) is 0 Å². The molecule has 9 heteroatoms. The number of fused-ring (bicyclic) bond motifs is 3. The topological polar surface area (TPSA) is 123 Å². The third kappa shape index (κ3) is 4.15. The zero-order chi connectivity index (χ0) is 26.2. The zero-order valence-electron chi connectivity index (χ0n) is 19.5. The van der Waals surface area contributed by atoms with Crippen LogP contribution in [0.25, 0.3) is 56.0 Å². The first-order chi connectivity index (χ1) is 18.5. The lowest BCUT2D eigenvalue weighted by molar-refractivity contribution is -0.384. The summed E-state index contributed by atoms with van der Waals surface area (Å²) < 4.78 is 11.4. The Morgan fingerprint density at radius 3 is 2.61 bits per heavy atom. The van der Waals surface area contributed by atoms with Crippen LogP contribution in [0, 0.1) is 21.4 Å². The lowest BCUT2D eigenvalue weighted by Crippen LogP contribution is -2.03. The molecule has 0 amide bonds. The van der Waals surface area contributed by atoms with Crippen molar-refractivity contribution in [3.05, 3.63) is 116 Å². The van der Waals surface area contributed by atoms with Gasteiger partial charge in [-0.25, -0.2) is 9.78 Å². The molecule has 3 aromatic carbocycles.